The molecule has 0 amide bonds. The van der Waals surface area contributed by atoms with Gasteiger partial charge in [-0.05, 0) is 5.56 Å². The molecule has 0 radical (unpaired) electrons. The monoisotopic (exact) mass is 239 g/mol. The van der Waals surface area contributed by atoms with Gasteiger partial charge in [0.1, 0.15) is 0 Å². The molecule has 0 heterocycles. The van der Waals surface area contributed by atoms with Crippen molar-refractivity contribution in [2.24, 2.45) is 0 Å². The predicted molar refractivity (Wildman–Crippen MR) is 54.4 cm³/mol. The lowest BCUT2D eigenvalue weighted by atomic mass is 10.2. The van der Waals surface area contributed by atoms with Gasteiger partial charge in [0.2, 0.25) is 0 Å². The fraction of sp³-hybridized carbons (Fsp3) is 0.300. The van der Waals surface area contributed by atoms with Crippen LogP contribution in [0.4, 0.5) is 0 Å². The van der Waals surface area contributed by atoms with Crippen molar-refractivity contribution in [2.75, 3.05) is 5.33 Å². The summed E-state index contributed by atoms with van der Waals surface area (Å²) >= 11 is 3.20. The first-order valence-corrected chi connectivity index (χ1v) is 5.10. The Morgan fingerprint density at radius 3 is 2.62 bits per heavy atom. The van der Waals surface area contributed by atoms with Crippen LogP contribution in [0.15, 0.2) is 30.3 Å². The molecule has 0 aliphatic carbocycles. The summed E-state index contributed by atoms with van der Waals surface area (Å²) in [7, 11) is 0. The molecule has 2 nitrogen and oxygen atoms in total. The molecule has 0 aliphatic heterocycles. The lowest BCUT2D eigenvalue weighted by molar-refractivity contribution is 0.0923. The molecule has 1 aromatic rings. The van der Waals surface area contributed by atoms with Crippen molar-refractivity contribution in [3.8, 4) is 6.07 Å². The highest BCUT2D eigenvalue weighted by atomic mass is 79.9. The number of ether oxygens (including phenoxy) is 1. The van der Waals surface area contributed by atoms with E-state index in [1.165, 1.54) is 0 Å². The Morgan fingerprint density at radius 1 is 1.38 bits per heavy atom. The van der Waals surface area contributed by atoms with E-state index in [1.54, 1.807) is 0 Å². The number of halogens is 1. The smallest absolute Gasteiger partial charge is 0.154 e. The third kappa shape index (κ3) is 3.58. The molecule has 0 spiro atoms. The number of nitriles is 1. The van der Waals surface area contributed by atoms with Gasteiger partial charge < -0.3 is 4.74 Å². The van der Waals surface area contributed by atoms with E-state index in [4.69, 9.17) is 10.00 Å². The van der Waals surface area contributed by atoms with Crippen LogP contribution >= 0.6 is 15.9 Å². The first kappa shape index (κ1) is 10.2. The minimum absolute atomic E-state index is 0.361. The number of benzene rings is 1. The summed E-state index contributed by atoms with van der Waals surface area (Å²) in [6, 6.07) is 11.9. The Labute approximate surface area is 86.3 Å². The summed E-state index contributed by atoms with van der Waals surface area (Å²) in [6.07, 6.45) is -0.361. The zero-order valence-corrected chi connectivity index (χ0v) is 8.70. The molecule has 0 aliphatic rings. The van der Waals surface area contributed by atoms with Gasteiger partial charge in [-0.15, -0.1) is 0 Å². The fourth-order valence-corrected chi connectivity index (χ4v) is 1.22. The number of nitrogens with zero attached hydrogens (tertiary/aromatic N) is 1. The second-order valence-electron chi connectivity index (χ2n) is 2.57. The van der Waals surface area contributed by atoms with Crippen molar-refractivity contribution < 1.29 is 4.74 Å². The molecular weight excluding hydrogens is 230 g/mol. The highest BCUT2D eigenvalue weighted by molar-refractivity contribution is 9.09. The molecule has 1 aromatic carbocycles. The van der Waals surface area contributed by atoms with Gasteiger partial charge in [-0.3, -0.25) is 0 Å². The summed E-state index contributed by atoms with van der Waals surface area (Å²) < 4.78 is 5.32. The van der Waals surface area contributed by atoms with Crippen molar-refractivity contribution in [3.05, 3.63) is 35.9 Å². The van der Waals surface area contributed by atoms with Crippen molar-refractivity contribution in [1.29, 1.82) is 5.26 Å². The van der Waals surface area contributed by atoms with E-state index in [0.29, 0.717) is 11.9 Å². The van der Waals surface area contributed by atoms with Gasteiger partial charge in [-0.1, -0.05) is 46.3 Å². The quantitative estimate of drug-likeness (QED) is 0.757. The molecule has 1 unspecified atom stereocenters. The second kappa shape index (κ2) is 5.74. The summed E-state index contributed by atoms with van der Waals surface area (Å²) in [5.74, 6) is 0. The molecule has 0 saturated carbocycles. The minimum Gasteiger partial charge on any atom is -0.358 e. The lowest BCUT2D eigenvalue weighted by Gasteiger charge is -2.06. The van der Waals surface area contributed by atoms with Gasteiger partial charge in [0.05, 0.1) is 12.7 Å². The van der Waals surface area contributed by atoms with Crippen LogP contribution in [0, 0.1) is 11.3 Å². The summed E-state index contributed by atoms with van der Waals surface area (Å²) in [5, 5.41) is 9.15. The van der Waals surface area contributed by atoms with Crippen LogP contribution in [0.3, 0.4) is 0 Å². The summed E-state index contributed by atoms with van der Waals surface area (Å²) in [6.45, 7) is 0.491. The summed E-state index contributed by atoms with van der Waals surface area (Å²) in [4.78, 5) is 0. The third-order valence-corrected chi connectivity index (χ3v) is 2.17. The van der Waals surface area contributed by atoms with E-state index in [0.717, 1.165) is 5.56 Å². The first-order valence-electron chi connectivity index (χ1n) is 3.98. The van der Waals surface area contributed by atoms with Crippen LogP contribution in [0.25, 0.3) is 0 Å². The standard InChI is InChI=1S/C10H10BrNO/c11-6-10(7-12)13-8-9-4-2-1-3-5-9/h1-5,10H,6,8H2. The Hall–Kier alpha value is -0.850. The molecule has 0 bridgehead atoms. The van der Waals surface area contributed by atoms with Gasteiger partial charge in [-0.25, -0.2) is 0 Å². The van der Waals surface area contributed by atoms with Crippen molar-refractivity contribution >= 4 is 15.9 Å². The van der Waals surface area contributed by atoms with Crippen molar-refractivity contribution in [2.45, 2.75) is 12.7 Å². The maximum atomic E-state index is 8.60. The zero-order chi connectivity index (χ0) is 9.52. The van der Waals surface area contributed by atoms with Gasteiger partial charge >= 0.3 is 0 Å². The molecule has 3 heteroatoms. The number of rotatable bonds is 4. The highest BCUT2D eigenvalue weighted by Crippen LogP contribution is 2.04. The average Bonchev–Trinajstić information content (AvgIpc) is 2.21. The molecule has 1 rings (SSSR count). The van der Waals surface area contributed by atoms with Crippen LogP contribution in [-0.4, -0.2) is 11.4 Å². The highest BCUT2D eigenvalue weighted by Gasteiger charge is 2.04. The maximum absolute atomic E-state index is 8.60. The van der Waals surface area contributed by atoms with Gasteiger partial charge in [-0.2, -0.15) is 5.26 Å². The van der Waals surface area contributed by atoms with E-state index in [2.05, 4.69) is 22.0 Å². The second-order valence-corrected chi connectivity index (χ2v) is 3.22. The molecule has 13 heavy (non-hydrogen) atoms. The van der Waals surface area contributed by atoms with Crippen molar-refractivity contribution in [1.82, 2.24) is 0 Å². The van der Waals surface area contributed by atoms with E-state index in [-0.39, 0.29) is 6.10 Å². The van der Waals surface area contributed by atoms with E-state index < -0.39 is 0 Å². The Balaban J connectivity index is 2.40. The van der Waals surface area contributed by atoms with Crippen LogP contribution in [-0.2, 0) is 11.3 Å². The average molecular weight is 240 g/mol. The number of hydrogen-bond acceptors (Lipinski definition) is 2. The normalized spacial score (nSPS) is 12.0. The fourth-order valence-electron chi connectivity index (χ4n) is 0.887. The van der Waals surface area contributed by atoms with Gasteiger partial charge in [0.25, 0.3) is 0 Å². The molecule has 1 atom stereocenters. The predicted octanol–water partition coefficient (Wildman–Crippen LogP) is 2.49. The molecular formula is C10H10BrNO. The lowest BCUT2D eigenvalue weighted by Crippen LogP contribution is -2.11. The van der Waals surface area contributed by atoms with Crippen LogP contribution in [0.1, 0.15) is 5.56 Å². The van der Waals surface area contributed by atoms with E-state index >= 15 is 0 Å². The number of alkyl halides is 1. The van der Waals surface area contributed by atoms with Crippen LogP contribution in [0.2, 0.25) is 0 Å². The number of hydrogen-bond donors (Lipinski definition) is 0. The minimum atomic E-state index is -0.361. The molecule has 0 fully saturated rings. The largest absolute Gasteiger partial charge is 0.358 e. The topological polar surface area (TPSA) is 33.0 Å². The van der Waals surface area contributed by atoms with Crippen LogP contribution < -0.4 is 0 Å². The SMILES string of the molecule is N#CC(CBr)OCc1ccccc1. The maximum Gasteiger partial charge on any atom is 0.154 e. The van der Waals surface area contributed by atoms with E-state index in [1.807, 2.05) is 30.3 Å². The van der Waals surface area contributed by atoms with Crippen LogP contribution in [0.5, 0.6) is 0 Å². The summed E-state index contributed by atoms with van der Waals surface area (Å²) in [5.41, 5.74) is 1.09. The first-order chi connectivity index (χ1) is 6.36. The molecule has 0 N–H and O–H groups in total. The Bertz CT molecular complexity index is 281. The Kier molecular flexibility index (Phi) is 4.52. The van der Waals surface area contributed by atoms with Gasteiger partial charge in [0, 0.05) is 5.33 Å². The zero-order valence-electron chi connectivity index (χ0n) is 7.11. The van der Waals surface area contributed by atoms with Crippen molar-refractivity contribution in [3.63, 3.8) is 0 Å². The molecule has 0 saturated heterocycles. The van der Waals surface area contributed by atoms with Gasteiger partial charge in [0.15, 0.2) is 6.10 Å². The molecule has 0 aromatic heterocycles. The third-order valence-electron chi connectivity index (χ3n) is 1.58. The Morgan fingerprint density at radius 2 is 2.08 bits per heavy atom. The molecule has 68 valence electrons. The van der Waals surface area contributed by atoms with E-state index in [9.17, 15) is 0 Å².